The standard InChI is InChI=1S/C22H34O4/c1-21(2,3)10-6-4-8-16-14-17(23)15-19(24)18(16)9-5-7-11-22(12-13-22)20(25)26/h14-15,23-24H,4-13H2,1-3H3,(H,25,26). The van der Waals surface area contributed by atoms with Crippen molar-refractivity contribution in [3.8, 4) is 11.5 Å². The number of carboxylic acid groups (broad SMARTS) is 1. The topological polar surface area (TPSA) is 77.8 Å². The summed E-state index contributed by atoms with van der Waals surface area (Å²) in [6.45, 7) is 6.72. The fourth-order valence-corrected chi connectivity index (χ4v) is 3.67. The highest BCUT2D eigenvalue weighted by atomic mass is 16.4. The van der Waals surface area contributed by atoms with Gasteiger partial charge in [0.1, 0.15) is 11.5 Å². The Morgan fingerprint density at radius 1 is 1.04 bits per heavy atom. The molecule has 0 heterocycles. The Bertz CT molecular complexity index is 624. The van der Waals surface area contributed by atoms with E-state index in [9.17, 15) is 20.1 Å². The van der Waals surface area contributed by atoms with Crippen LogP contribution in [0.1, 0.15) is 83.3 Å². The molecule has 0 aliphatic heterocycles. The molecule has 1 fully saturated rings. The first kappa shape index (κ1) is 20.6. The molecule has 4 nitrogen and oxygen atoms in total. The Kier molecular flexibility index (Phi) is 6.59. The van der Waals surface area contributed by atoms with Crippen molar-refractivity contribution in [3.63, 3.8) is 0 Å². The molecule has 2 rings (SSSR count). The lowest BCUT2D eigenvalue weighted by Crippen LogP contribution is -2.14. The molecule has 0 bridgehead atoms. The second-order valence-electron chi connectivity index (χ2n) is 9.16. The van der Waals surface area contributed by atoms with Crippen LogP contribution in [0.2, 0.25) is 0 Å². The van der Waals surface area contributed by atoms with Gasteiger partial charge in [-0.1, -0.05) is 33.6 Å². The van der Waals surface area contributed by atoms with Gasteiger partial charge >= 0.3 is 5.97 Å². The molecular formula is C22H34O4. The summed E-state index contributed by atoms with van der Waals surface area (Å²) in [5.41, 5.74) is 1.80. The molecule has 26 heavy (non-hydrogen) atoms. The maximum absolute atomic E-state index is 11.2. The first-order valence-corrected chi connectivity index (χ1v) is 9.90. The summed E-state index contributed by atoms with van der Waals surface area (Å²) in [4.78, 5) is 11.2. The molecule has 0 radical (unpaired) electrons. The number of aliphatic carboxylic acids is 1. The molecule has 1 aliphatic carbocycles. The molecule has 1 aromatic rings. The van der Waals surface area contributed by atoms with Crippen molar-refractivity contribution in [1.29, 1.82) is 0 Å². The number of carboxylic acids is 1. The predicted molar refractivity (Wildman–Crippen MR) is 104 cm³/mol. The van der Waals surface area contributed by atoms with Crippen LogP contribution in [0.25, 0.3) is 0 Å². The smallest absolute Gasteiger partial charge is 0.309 e. The highest BCUT2D eigenvalue weighted by Crippen LogP contribution is 2.50. The second-order valence-corrected chi connectivity index (χ2v) is 9.16. The largest absolute Gasteiger partial charge is 0.508 e. The third-order valence-corrected chi connectivity index (χ3v) is 5.57. The number of unbranched alkanes of at least 4 members (excludes halogenated alkanes) is 2. The Hall–Kier alpha value is -1.71. The van der Waals surface area contributed by atoms with Gasteiger partial charge in [-0.3, -0.25) is 4.79 Å². The summed E-state index contributed by atoms with van der Waals surface area (Å²) in [7, 11) is 0. The molecule has 0 atom stereocenters. The monoisotopic (exact) mass is 362 g/mol. The number of rotatable bonds is 10. The van der Waals surface area contributed by atoms with E-state index >= 15 is 0 Å². The minimum Gasteiger partial charge on any atom is -0.508 e. The molecule has 0 aromatic heterocycles. The van der Waals surface area contributed by atoms with E-state index in [2.05, 4.69) is 20.8 Å². The Morgan fingerprint density at radius 2 is 1.69 bits per heavy atom. The van der Waals surface area contributed by atoms with E-state index in [0.29, 0.717) is 5.41 Å². The van der Waals surface area contributed by atoms with Gasteiger partial charge in [0.2, 0.25) is 0 Å². The van der Waals surface area contributed by atoms with Gasteiger partial charge in [0, 0.05) is 6.07 Å². The molecule has 0 saturated heterocycles. The number of hydrogen-bond donors (Lipinski definition) is 3. The molecule has 0 unspecified atom stereocenters. The van der Waals surface area contributed by atoms with E-state index in [1.165, 1.54) is 6.07 Å². The van der Waals surface area contributed by atoms with Gasteiger partial charge in [-0.25, -0.2) is 0 Å². The number of phenolic OH excluding ortho intramolecular Hbond substituents is 2. The van der Waals surface area contributed by atoms with Crippen LogP contribution in [-0.2, 0) is 17.6 Å². The van der Waals surface area contributed by atoms with Crippen LogP contribution < -0.4 is 0 Å². The van der Waals surface area contributed by atoms with Gasteiger partial charge in [-0.15, -0.1) is 0 Å². The summed E-state index contributed by atoms with van der Waals surface area (Å²) < 4.78 is 0. The molecule has 0 spiro atoms. The fraction of sp³-hybridized carbons (Fsp3) is 0.682. The summed E-state index contributed by atoms with van der Waals surface area (Å²) in [6, 6.07) is 3.18. The normalized spacial score (nSPS) is 15.8. The van der Waals surface area contributed by atoms with E-state index < -0.39 is 11.4 Å². The maximum atomic E-state index is 11.2. The van der Waals surface area contributed by atoms with Crippen LogP contribution in [0.3, 0.4) is 0 Å². The van der Waals surface area contributed by atoms with Crippen LogP contribution in [0, 0.1) is 10.8 Å². The number of aromatic hydroxyl groups is 2. The van der Waals surface area contributed by atoms with Gasteiger partial charge in [0.05, 0.1) is 5.41 Å². The lowest BCUT2D eigenvalue weighted by molar-refractivity contribution is -0.143. The number of phenols is 2. The third-order valence-electron chi connectivity index (χ3n) is 5.57. The van der Waals surface area contributed by atoms with Crippen LogP contribution in [0.15, 0.2) is 12.1 Å². The molecular weight excluding hydrogens is 328 g/mol. The third kappa shape index (κ3) is 5.93. The molecule has 3 N–H and O–H groups in total. The predicted octanol–water partition coefficient (Wildman–Crippen LogP) is 5.43. The van der Waals surface area contributed by atoms with Crippen LogP contribution in [-0.4, -0.2) is 21.3 Å². The molecule has 146 valence electrons. The van der Waals surface area contributed by atoms with Crippen molar-refractivity contribution >= 4 is 5.97 Å². The van der Waals surface area contributed by atoms with E-state index in [-0.39, 0.29) is 11.5 Å². The summed E-state index contributed by atoms with van der Waals surface area (Å²) in [5, 5.41) is 29.3. The van der Waals surface area contributed by atoms with Gasteiger partial charge < -0.3 is 15.3 Å². The van der Waals surface area contributed by atoms with Gasteiger partial charge in [-0.2, -0.15) is 0 Å². The van der Waals surface area contributed by atoms with Gasteiger partial charge in [0.25, 0.3) is 0 Å². The van der Waals surface area contributed by atoms with Crippen LogP contribution in [0.4, 0.5) is 0 Å². The SMILES string of the molecule is CC(C)(C)CCCCc1cc(O)cc(O)c1CCCCC1(C(=O)O)CC1. The summed E-state index contributed by atoms with van der Waals surface area (Å²) in [6.07, 6.45) is 8.95. The van der Waals surface area contributed by atoms with Crippen LogP contribution >= 0.6 is 0 Å². The quantitative estimate of drug-likeness (QED) is 0.485. The minimum atomic E-state index is -0.662. The van der Waals surface area contributed by atoms with Gasteiger partial charge in [-0.05, 0) is 74.0 Å². The van der Waals surface area contributed by atoms with Crippen LogP contribution in [0.5, 0.6) is 11.5 Å². The maximum Gasteiger partial charge on any atom is 0.309 e. The zero-order valence-electron chi connectivity index (χ0n) is 16.5. The Balaban J connectivity index is 1.89. The number of carbonyl (C=O) groups is 1. The van der Waals surface area contributed by atoms with E-state index in [4.69, 9.17) is 0 Å². The zero-order valence-corrected chi connectivity index (χ0v) is 16.5. The first-order chi connectivity index (χ1) is 12.1. The van der Waals surface area contributed by atoms with Crippen molar-refractivity contribution in [1.82, 2.24) is 0 Å². The molecule has 1 saturated carbocycles. The van der Waals surface area contributed by atoms with E-state index in [0.717, 1.165) is 75.3 Å². The van der Waals surface area contributed by atoms with Gasteiger partial charge in [0.15, 0.2) is 0 Å². The van der Waals surface area contributed by atoms with Crippen molar-refractivity contribution < 1.29 is 20.1 Å². The number of hydrogen-bond acceptors (Lipinski definition) is 3. The lowest BCUT2D eigenvalue weighted by Gasteiger charge is -2.18. The highest BCUT2D eigenvalue weighted by molar-refractivity contribution is 5.77. The molecule has 1 aliphatic rings. The molecule has 0 amide bonds. The lowest BCUT2D eigenvalue weighted by atomic mass is 9.88. The number of benzene rings is 1. The van der Waals surface area contributed by atoms with E-state index in [1.807, 2.05) is 0 Å². The van der Waals surface area contributed by atoms with Crippen molar-refractivity contribution in [2.45, 2.75) is 85.0 Å². The van der Waals surface area contributed by atoms with Crippen molar-refractivity contribution in [2.75, 3.05) is 0 Å². The summed E-state index contributed by atoms with van der Waals surface area (Å²) >= 11 is 0. The average molecular weight is 363 g/mol. The Labute approximate surface area is 157 Å². The Morgan fingerprint density at radius 3 is 2.27 bits per heavy atom. The minimum absolute atomic E-state index is 0.111. The van der Waals surface area contributed by atoms with Crippen molar-refractivity contribution in [2.24, 2.45) is 10.8 Å². The average Bonchev–Trinajstić information content (AvgIpc) is 3.30. The zero-order chi connectivity index (χ0) is 19.4. The second kappa shape index (κ2) is 8.32. The fourth-order valence-electron chi connectivity index (χ4n) is 3.67. The first-order valence-electron chi connectivity index (χ1n) is 9.90. The molecule has 1 aromatic carbocycles. The highest BCUT2D eigenvalue weighted by Gasteiger charge is 2.49. The number of aryl methyl sites for hydroxylation is 1. The van der Waals surface area contributed by atoms with E-state index in [1.54, 1.807) is 6.07 Å². The van der Waals surface area contributed by atoms with Crippen molar-refractivity contribution in [3.05, 3.63) is 23.3 Å². The molecule has 4 heteroatoms. The summed E-state index contributed by atoms with van der Waals surface area (Å²) in [5.74, 6) is -0.389.